The lowest BCUT2D eigenvalue weighted by Gasteiger charge is -2.28. The molecular formula is C19H20Cl2N4O3. The van der Waals surface area contributed by atoms with Crippen molar-refractivity contribution in [3.05, 3.63) is 79.8 Å². The molecule has 0 saturated carbocycles. The molecule has 0 fully saturated rings. The van der Waals surface area contributed by atoms with E-state index in [0.29, 0.717) is 21.3 Å². The molecule has 0 saturated heterocycles. The van der Waals surface area contributed by atoms with Crippen molar-refractivity contribution in [1.29, 1.82) is 0 Å². The van der Waals surface area contributed by atoms with Crippen LogP contribution in [-0.2, 0) is 0 Å². The van der Waals surface area contributed by atoms with Crippen molar-refractivity contribution in [2.45, 2.75) is 31.7 Å². The van der Waals surface area contributed by atoms with Gasteiger partial charge in [-0.15, -0.1) is 0 Å². The fraction of sp³-hybridized carbons (Fsp3) is 0.263. The van der Waals surface area contributed by atoms with E-state index >= 15 is 0 Å². The SMILES string of the molecule is CC(C)(C(C/C(=N\NC(N)=O)c1ccc(Cl)cc1)c1ccc(Cl)cc1)[N+](=O)[O-]. The Balaban J connectivity index is 2.51. The smallest absolute Gasteiger partial charge is 0.332 e. The van der Waals surface area contributed by atoms with Crippen molar-refractivity contribution < 1.29 is 9.72 Å². The van der Waals surface area contributed by atoms with E-state index < -0.39 is 17.5 Å². The molecule has 2 aromatic rings. The second-order valence-electron chi connectivity index (χ2n) is 6.76. The number of primary amides is 1. The van der Waals surface area contributed by atoms with Gasteiger partial charge in [0.1, 0.15) is 0 Å². The van der Waals surface area contributed by atoms with Crippen molar-refractivity contribution >= 4 is 34.9 Å². The number of hydrogen-bond acceptors (Lipinski definition) is 4. The van der Waals surface area contributed by atoms with Crippen LogP contribution in [0, 0.1) is 10.1 Å². The fourth-order valence-corrected chi connectivity index (χ4v) is 3.04. The Morgan fingerprint density at radius 2 is 1.64 bits per heavy atom. The quantitative estimate of drug-likeness (QED) is 0.386. The highest BCUT2D eigenvalue weighted by atomic mass is 35.5. The van der Waals surface area contributed by atoms with Crippen molar-refractivity contribution in [3.63, 3.8) is 0 Å². The van der Waals surface area contributed by atoms with E-state index in [0.717, 1.165) is 5.56 Å². The molecule has 0 aliphatic heterocycles. The van der Waals surface area contributed by atoms with E-state index in [4.69, 9.17) is 28.9 Å². The van der Waals surface area contributed by atoms with Crippen LogP contribution in [0.5, 0.6) is 0 Å². The highest BCUT2D eigenvalue weighted by molar-refractivity contribution is 6.30. The number of nitro groups is 1. The third-order valence-electron chi connectivity index (χ3n) is 4.47. The van der Waals surface area contributed by atoms with Crippen LogP contribution in [0.3, 0.4) is 0 Å². The molecular weight excluding hydrogens is 403 g/mol. The molecule has 0 heterocycles. The molecule has 0 spiro atoms. The summed E-state index contributed by atoms with van der Waals surface area (Å²) in [6.45, 7) is 3.10. The molecule has 2 aromatic carbocycles. The minimum Gasteiger partial charge on any atom is -0.350 e. The van der Waals surface area contributed by atoms with Gasteiger partial charge in [0.05, 0.1) is 11.6 Å². The zero-order chi connectivity index (χ0) is 20.9. The Morgan fingerprint density at radius 3 is 2.11 bits per heavy atom. The monoisotopic (exact) mass is 422 g/mol. The molecule has 0 aromatic heterocycles. The first-order valence-corrected chi connectivity index (χ1v) is 9.14. The van der Waals surface area contributed by atoms with E-state index in [1.807, 2.05) is 0 Å². The molecule has 0 radical (unpaired) electrons. The lowest BCUT2D eigenvalue weighted by Crippen LogP contribution is -2.39. The lowest BCUT2D eigenvalue weighted by molar-refractivity contribution is -0.565. The number of halogens is 2. The second-order valence-corrected chi connectivity index (χ2v) is 7.63. The third-order valence-corrected chi connectivity index (χ3v) is 4.98. The van der Waals surface area contributed by atoms with Crippen LogP contribution in [-0.4, -0.2) is 22.2 Å². The summed E-state index contributed by atoms with van der Waals surface area (Å²) in [6.07, 6.45) is 0.178. The fourth-order valence-electron chi connectivity index (χ4n) is 2.78. The molecule has 0 bridgehead atoms. The average Bonchev–Trinajstić information content (AvgIpc) is 2.63. The van der Waals surface area contributed by atoms with Gasteiger partial charge in [-0.2, -0.15) is 5.10 Å². The summed E-state index contributed by atoms with van der Waals surface area (Å²) >= 11 is 11.9. The largest absolute Gasteiger partial charge is 0.350 e. The number of nitrogens with one attached hydrogen (secondary N) is 1. The van der Waals surface area contributed by atoms with Crippen LogP contribution in [0.4, 0.5) is 4.79 Å². The Morgan fingerprint density at radius 1 is 1.14 bits per heavy atom. The van der Waals surface area contributed by atoms with Crippen LogP contribution >= 0.6 is 23.2 Å². The number of hydrazone groups is 1. The van der Waals surface area contributed by atoms with Crippen LogP contribution < -0.4 is 11.2 Å². The van der Waals surface area contributed by atoms with Gasteiger partial charge in [-0.05, 0) is 35.4 Å². The lowest BCUT2D eigenvalue weighted by atomic mass is 9.78. The zero-order valence-electron chi connectivity index (χ0n) is 15.4. The van der Waals surface area contributed by atoms with Crippen LogP contribution in [0.25, 0.3) is 0 Å². The molecule has 3 N–H and O–H groups in total. The first kappa shape index (κ1) is 21.7. The minimum absolute atomic E-state index is 0.178. The maximum atomic E-state index is 11.8. The van der Waals surface area contributed by atoms with Gasteiger partial charge in [-0.25, -0.2) is 10.2 Å². The molecule has 7 nitrogen and oxygen atoms in total. The predicted octanol–water partition coefficient (Wildman–Crippen LogP) is 4.60. The molecule has 0 aliphatic carbocycles. The number of nitrogens with two attached hydrogens (primary N) is 1. The van der Waals surface area contributed by atoms with E-state index in [-0.39, 0.29) is 11.3 Å². The van der Waals surface area contributed by atoms with Gasteiger partial charge in [-0.1, -0.05) is 47.5 Å². The van der Waals surface area contributed by atoms with Gasteiger partial charge < -0.3 is 5.73 Å². The van der Waals surface area contributed by atoms with E-state index in [9.17, 15) is 14.9 Å². The summed E-state index contributed by atoms with van der Waals surface area (Å²) < 4.78 is 0. The van der Waals surface area contributed by atoms with Crippen molar-refractivity contribution in [2.24, 2.45) is 10.8 Å². The van der Waals surface area contributed by atoms with Gasteiger partial charge in [0, 0.05) is 35.2 Å². The summed E-state index contributed by atoms with van der Waals surface area (Å²) in [5.74, 6) is -0.552. The van der Waals surface area contributed by atoms with Gasteiger partial charge in [0.25, 0.3) is 0 Å². The van der Waals surface area contributed by atoms with Crippen LogP contribution in [0.15, 0.2) is 53.6 Å². The Bertz CT molecular complexity index is 881. The molecule has 9 heteroatoms. The first-order valence-electron chi connectivity index (χ1n) is 8.39. The van der Waals surface area contributed by atoms with E-state index in [2.05, 4.69) is 10.5 Å². The number of urea groups is 1. The number of hydrogen-bond donors (Lipinski definition) is 2. The van der Waals surface area contributed by atoms with E-state index in [1.165, 1.54) is 0 Å². The van der Waals surface area contributed by atoms with Gasteiger partial charge in [-0.3, -0.25) is 10.1 Å². The molecule has 2 amide bonds. The Labute approximate surface area is 172 Å². The second kappa shape index (κ2) is 9.03. The van der Waals surface area contributed by atoms with Crippen LogP contribution in [0.1, 0.15) is 37.3 Å². The number of benzene rings is 2. The molecule has 0 aliphatic rings. The Kier molecular flexibility index (Phi) is 6.99. The van der Waals surface area contributed by atoms with Gasteiger partial charge in [0.2, 0.25) is 5.54 Å². The molecule has 2 rings (SSSR count). The normalized spacial score (nSPS) is 13.1. The standard InChI is InChI=1S/C19H20Cl2N4O3/c1-19(2,25(27)28)16(12-3-7-14(20)8-4-12)11-17(23-24-18(22)26)13-5-9-15(21)10-6-13/h3-10,16H,11H2,1-2H3,(H3,22,24,26)/b23-17+. The number of carbonyl (C=O) groups excluding carboxylic acids is 1. The van der Waals surface area contributed by atoms with E-state index in [1.54, 1.807) is 62.4 Å². The van der Waals surface area contributed by atoms with Gasteiger partial charge >= 0.3 is 6.03 Å². The molecule has 1 atom stereocenters. The Hall–Kier alpha value is -2.64. The average molecular weight is 423 g/mol. The highest BCUT2D eigenvalue weighted by Gasteiger charge is 2.42. The zero-order valence-corrected chi connectivity index (χ0v) is 16.9. The number of carbonyl (C=O) groups is 1. The maximum Gasteiger partial charge on any atom is 0.332 e. The van der Waals surface area contributed by atoms with Crippen LogP contribution in [0.2, 0.25) is 10.0 Å². The maximum absolute atomic E-state index is 11.8. The van der Waals surface area contributed by atoms with Gasteiger partial charge in [0.15, 0.2) is 0 Å². The number of nitrogens with zero attached hydrogens (tertiary/aromatic N) is 2. The summed E-state index contributed by atoms with van der Waals surface area (Å²) in [5, 5.41) is 16.9. The first-order chi connectivity index (χ1) is 13.1. The summed E-state index contributed by atoms with van der Waals surface area (Å²) in [7, 11) is 0. The molecule has 148 valence electrons. The minimum atomic E-state index is -1.31. The topological polar surface area (TPSA) is 111 Å². The summed E-state index contributed by atoms with van der Waals surface area (Å²) in [6, 6.07) is 12.8. The highest BCUT2D eigenvalue weighted by Crippen LogP contribution is 2.35. The summed E-state index contributed by atoms with van der Waals surface area (Å²) in [5.41, 5.74) is 7.86. The number of rotatable bonds is 7. The predicted molar refractivity (Wildman–Crippen MR) is 111 cm³/mol. The number of amides is 2. The van der Waals surface area contributed by atoms with Crippen molar-refractivity contribution in [2.75, 3.05) is 0 Å². The molecule has 28 heavy (non-hydrogen) atoms. The third kappa shape index (κ3) is 5.43. The molecule has 1 unspecified atom stereocenters. The van der Waals surface area contributed by atoms with Crippen molar-refractivity contribution in [1.82, 2.24) is 5.43 Å². The van der Waals surface area contributed by atoms with Crippen molar-refractivity contribution in [3.8, 4) is 0 Å². The summed E-state index contributed by atoms with van der Waals surface area (Å²) in [4.78, 5) is 22.6.